The molecule has 0 aromatic rings. The number of hydrogen-bond donors (Lipinski definition) is 4. The molecule has 5 nitrogen and oxygen atoms in total. The van der Waals surface area contributed by atoms with Crippen LogP contribution in [0.5, 0.6) is 0 Å². The van der Waals surface area contributed by atoms with E-state index >= 15 is 0 Å². The molecule has 2 aliphatic carbocycles. The van der Waals surface area contributed by atoms with Crippen LogP contribution in [0.1, 0.15) is 25.7 Å². The van der Waals surface area contributed by atoms with Crippen LogP contribution in [0.25, 0.3) is 0 Å². The van der Waals surface area contributed by atoms with Crippen LogP contribution in [0.15, 0.2) is 0 Å². The average molecular weight is 272 g/mol. The second kappa shape index (κ2) is 5.38. The second-order valence-electron chi connectivity index (χ2n) is 5.85. The van der Waals surface area contributed by atoms with Crippen molar-refractivity contribution in [2.45, 2.75) is 49.8 Å². The lowest BCUT2D eigenvalue weighted by Crippen LogP contribution is -2.53. The standard InChI is InChI=1S/C12H20BFNO4/c14-10-8(16)4-6-5-12(15,11(17)18)7(9(6)10)2-1-3-13-19/h6-10,16,19H,1-5,15H2,(H,17,18)/t6-,7+,8+,9-,10+,12+/m1/s1. The molecule has 5 N–H and O–H groups in total. The minimum Gasteiger partial charge on any atom is -0.480 e. The van der Waals surface area contributed by atoms with E-state index in [9.17, 15) is 19.4 Å². The average Bonchev–Trinajstić information content (AvgIpc) is 2.76. The van der Waals surface area contributed by atoms with Crippen molar-refractivity contribution in [1.29, 1.82) is 0 Å². The van der Waals surface area contributed by atoms with Crippen LogP contribution in [-0.4, -0.2) is 46.5 Å². The van der Waals surface area contributed by atoms with Gasteiger partial charge in [-0.05, 0) is 31.1 Å². The summed E-state index contributed by atoms with van der Waals surface area (Å²) in [5, 5.41) is 27.6. The molecular formula is C12H20BFNO4. The lowest BCUT2D eigenvalue weighted by atomic mass is 9.77. The predicted octanol–water partition coefficient (Wildman–Crippen LogP) is -0.0665. The summed E-state index contributed by atoms with van der Waals surface area (Å²) < 4.78 is 14.1. The van der Waals surface area contributed by atoms with Crippen molar-refractivity contribution in [2.75, 3.05) is 0 Å². The molecule has 6 atom stereocenters. The maximum atomic E-state index is 14.1. The Balaban J connectivity index is 2.17. The van der Waals surface area contributed by atoms with Crippen molar-refractivity contribution in [3.05, 3.63) is 0 Å². The van der Waals surface area contributed by atoms with E-state index in [0.29, 0.717) is 25.6 Å². The molecule has 2 aliphatic rings. The fourth-order valence-corrected chi connectivity index (χ4v) is 3.94. The number of halogens is 1. The van der Waals surface area contributed by atoms with E-state index in [1.54, 1.807) is 0 Å². The Bertz CT molecular complexity index is 359. The Kier molecular flexibility index (Phi) is 4.18. The summed E-state index contributed by atoms with van der Waals surface area (Å²) in [4.78, 5) is 11.4. The van der Waals surface area contributed by atoms with Gasteiger partial charge in [-0.15, -0.1) is 0 Å². The summed E-state index contributed by atoms with van der Waals surface area (Å²) in [5.41, 5.74) is 4.60. The molecule has 0 saturated heterocycles. The first kappa shape index (κ1) is 14.7. The smallest absolute Gasteiger partial charge is 0.323 e. The molecule has 0 heterocycles. The van der Waals surface area contributed by atoms with E-state index in [1.165, 1.54) is 0 Å². The van der Waals surface area contributed by atoms with Gasteiger partial charge in [0.15, 0.2) is 0 Å². The number of aliphatic carboxylic acids is 1. The lowest BCUT2D eigenvalue weighted by molar-refractivity contribution is -0.145. The van der Waals surface area contributed by atoms with Gasteiger partial charge in [0.25, 0.3) is 7.48 Å². The normalized spacial score (nSPS) is 45.2. The molecule has 2 saturated carbocycles. The Morgan fingerprint density at radius 3 is 2.79 bits per heavy atom. The number of nitrogens with two attached hydrogens (primary N) is 1. The van der Waals surface area contributed by atoms with Gasteiger partial charge in [-0.2, -0.15) is 0 Å². The predicted molar refractivity (Wildman–Crippen MR) is 67.2 cm³/mol. The van der Waals surface area contributed by atoms with Gasteiger partial charge in [0.2, 0.25) is 0 Å². The van der Waals surface area contributed by atoms with E-state index in [-0.39, 0.29) is 12.3 Å². The van der Waals surface area contributed by atoms with Crippen molar-refractivity contribution in [3.8, 4) is 0 Å². The Labute approximate surface area is 112 Å². The number of alkyl halides is 1. The van der Waals surface area contributed by atoms with Gasteiger partial charge < -0.3 is 21.0 Å². The molecular weight excluding hydrogens is 252 g/mol. The minimum atomic E-state index is -1.41. The summed E-state index contributed by atoms with van der Waals surface area (Å²) in [6, 6.07) is 0. The van der Waals surface area contributed by atoms with Crippen molar-refractivity contribution >= 4 is 13.5 Å². The van der Waals surface area contributed by atoms with Gasteiger partial charge in [0.05, 0.1) is 6.10 Å². The summed E-state index contributed by atoms with van der Waals surface area (Å²) in [5.74, 6) is -2.22. The topological polar surface area (TPSA) is 104 Å². The van der Waals surface area contributed by atoms with Gasteiger partial charge in [0.1, 0.15) is 11.7 Å². The van der Waals surface area contributed by atoms with Gasteiger partial charge >= 0.3 is 5.97 Å². The molecule has 2 fully saturated rings. The zero-order chi connectivity index (χ0) is 14.2. The first-order valence-corrected chi connectivity index (χ1v) is 6.72. The van der Waals surface area contributed by atoms with E-state index < -0.39 is 35.6 Å². The van der Waals surface area contributed by atoms with Crippen molar-refractivity contribution < 1.29 is 24.4 Å². The third kappa shape index (κ3) is 2.39. The van der Waals surface area contributed by atoms with E-state index in [0.717, 1.165) is 7.48 Å². The molecule has 0 unspecified atom stereocenters. The first-order valence-electron chi connectivity index (χ1n) is 6.72. The maximum absolute atomic E-state index is 14.1. The van der Waals surface area contributed by atoms with Crippen molar-refractivity contribution in [3.63, 3.8) is 0 Å². The number of aliphatic hydroxyl groups excluding tert-OH is 1. The highest BCUT2D eigenvalue weighted by molar-refractivity contribution is 6.25. The molecule has 0 bridgehead atoms. The van der Waals surface area contributed by atoms with Crippen LogP contribution >= 0.6 is 0 Å². The van der Waals surface area contributed by atoms with Gasteiger partial charge in [-0.25, -0.2) is 4.39 Å². The number of carboxylic acid groups (broad SMARTS) is 1. The highest BCUT2D eigenvalue weighted by atomic mass is 19.1. The molecule has 19 heavy (non-hydrogen) atoms. The number of hydrogen-bond acceptors (Lipinski definition) is 4. The third-order valence-corrected chi connectivity index (χ3v) is 4.80. The summed E-state index contributed by atoms with van der Waals surface area (Å²) in [7, 11) is 1.02. The second-order valence-corrected chi connectivity index (χ2v) is 5.85. The Morgan fingerprint density at radius 2 is 2.21 bits per heavy atom. The fraction of sp³-hybridized carbons (Fsp3) is 0.917. The molecule has 1 radical (unpaired) electrons. The fourth-order valence-electron chi connectivity index (χ4n) is 3.94. The van der Waals surface area contributed by atoms with Crippen molar-refractivity contribution in [1.82, 2.24) is 0 Å². The molecule has 0 spiro atoms. The molecule has 0 aromatic carbocycles. The van der Waals surface area contributed by atoms with Crippen LogP contribution in [0.2, 0.25) is 6.32 Å². The number of carboxylic acids is 1. The highest BCUT2D eigenvalue weighted by Crippen LogP contribution is 2.54. The maximum Gasteiger partial charge on any atom is 0.323 e. The number of aliphatic hydroxyl groups is 1. The van der Waals surface area contributed by atoms with Crippen LogP contribution in [0, 0.1) is 17.8 Å². The lowest BCUT2D eigenvalue weighted by Gasteiger charge is -2.31. The number of fused-ring (bicyclic) bond motifs is 1. The summed E-state index contributed by atoms with van der Waals surface area (Å²) in [6.45, 7) is 0. The summed E-state index contributed by atoms with van der Waals surface area (Å²) in [6.07, 6.45) is -0.423. The van der Waals surface area contributed by atoms with Gasteiger partial charge in [-0.3, -0.25) is 4.79 Å². The molecule has 2 rings (SSSR count). The Hall–Kier alpha value is -0.655. The largest absolute Gasteiger partial charge is 0.480 e. The van der Waals surface area contributed by atoms with E-state index in [2.05, 4.69) is 0 Å². The van der Waals surface area contributed by atoms with Crippen LogP contribution in [-0.2, 0) is 4.79 Å². The zero-order valence-electron chi connectivity index (χ0n) is 10.7. The van der Waals surface area contributed by atoms with Crippen LogP contribution in [0.3, 0.4) is 0 Å². The summed E-state index contributed by atoms with van der Waals surface area (Å²) >= 11 is 0. The molecule has 0 aromatic heterocycles. The number of carbonyl (C=O) groups is 1. The van der Waals surface area contributed by atoms with Crippen LogP contribution < -0.4 is 5.73 Å². The van der Waals surface area contributed by atoms with Crippen molar-refractivity contribution in [2.24, 2.45) is 23.5 Å². The third-order valence-electron chi connectivity index (χ3n) is 4.80. The van der Waals surface area contributed by atoms with Crippen LogP contribution in [0.4, 0.5) is 4.39 Å². The minimum absolute atomic E-state index is 0.158. The highest BCUT2D eigenvalue weighted by Gasteiger charge is 2.61. The first-order chi connectivity index (χ1) is 8.91. The molecule has 0 amide bonds. The molecule has 107 valence electrons. The zero-order valence-corrected chi connectivity index (χ0v) is 10.7. The van der Waals surface area contributed by atoms with E-state index in [1.807, 2.05) is 0 Å². The van der Waals surface area contributed by atoms with Gasteiger partial charge in [0, 0.05) is 5.92 Å². The number of rotatable bonds is 5. The van der Waals surface area contributed by atoms with Gasteiger partial charge in [-0.1, -0.05) is 12.7 Å². The van der Waals surface area contributed by atoms with E-state index in [4.69, 9.17) is 10.8 Å². The molecule has 0 aliphatic heterocycles. The Morgan fingerprint density at radius 1 is 1.53 bits per heavy atom. The molecule has 7 heteroatoms. The quantitative estimate of drug-likeness (QED) is 0.414. The monoisotopic (exact) mass is 272 g/mol. The SMILES string of the molecule is N[C@@]1(C(=O)O)C[C@H]2C[C@H](O)[C@H](F)[C@H]2[C@@H]1CCC[B]O.